The Hall–Kier alpha value is -3.09. The van der Waals surface area contributed by atoms with Crippen molar-refractivity contribution in [1.29, 1.82) is 0 Å². The number of hydrogen-bond donors (Lipinski definition) is 2. The van der Waals surface area contributed by atoms with Gasteiger partial charge >= 0.3 is 5.97 Å². The number of anilines is 2. The molecule has 1 fully saturated rings. The van der Waals surface area contributed by atoms with Gasteiger partial charge in [-0.2, -0.15) is 0 Å². The average molecular weight is 341 g/mol. The summed E-state index contributed by atoms with van der Waals surface area (Å²) in [6, 6.07) is 10.7. The number of benzene rings is 1. The lowest BCUT2D eigenvalue weighted by atomic mass is 10.1. The molecule has 1 saturated heterocycles. The van der Waals surface area contributed by atoms with Gasteiger partial charge in [0.05, 0.1) is 24.3 Å². The van der Waals surface area contributed by atoms with E-state index in [1.54, 1.807) is 30.3 Å². The Morgan fingerprint density at radius 3 is 2.80 bits per heavy atom. The van der Waals surface area contributed by atoms with Crippen molar-refractivity contribution >= 4 is 23.4 Å². The Bertz CT molecular complexity index is 793. The number of ether oxygens (including phenoxy) is 1. The number of aromatic nitrogens is 1. The van der Waals surface area contributed by atoms with Crippen LogP contribution in [0.4, 0.5) is 11.5 Å². The summed E-state index contributed by atoms with van der Waals surface area (Å²) < 4.78 is 5.31. The average Bonchev–Trinajstić information content (AvgIpc) is 3.12. The van der Waals surface area contributed by atoms with Crippen LogP contribution in [-0.4, -0.2) is 47.1 Å². The lowest BCUT2D eigenvalue weighted by Crippen LogP contribution is -2.30. The first-order chi connectivity index (χ1) is 12.1. The first-order valence-corrected chi connectivity index (χ1v) is 7.97. The van der Waals surface area contributed by atoms with Gasteiger partial charge in [-0.25, -0.2) is 4.98 Å². The molecular formula is C18H19N3O4. The number of rotatable bonds is 5. The van der Waals surface area contributed by atoms with Crippen molar-refractivity contribution in [2.24, 2.45) is 5.92 Å². The van der Waals surface area contributed by atoms with E-state index in [4.69, 9.17) is 9.84 Å². The predicted molar refractivity (Wildman–Crippen MR) is 92.2 cm³/mol. The molecule has 1 aromatic carbocycles. The standard InChI is InChI=1S/C18H19N3O4/c1-25-15-7-3-2-6-14(15)20-16-13(5-4-9-19-16)17(22)21-10-8-12(11-21)18(23)24/h2-7,9,12H,8,10-11H2,1H3,(H,19,20)(H,23,24)/t12-/m0/s1. The Labute approximate surface area is 145 Å². The summed E-state index contributed by atoms with van der Waals surface area (Å²) in [4.78, 5) is 29.7. The molecular weight excluding hydrogens is 322 g/mol. The van der Waals surface area contributed by atoms with Crippen molar-refractivity contribution < 1.29 is 19.4 Å². The second kappa shape index (κ2) is 7.21. The van der Waals surface area contributed by atoms with Crippen LogP contribution in [0.3, 0.4) is 0 Å². The van der Waals surface area contributed by atoms with E-state index >= 15 is 0 Å². The van der Waals surface area contributed by atoms with Gasteiger partial charge in [-0.05, 0) is 30.7 Å². The summed E-state index contributed by atoms with van der Waals surface area (Å²) >= 11 is 0. The first-order valence-electron chi connectivity index (χ1n) is 7.97. The fraction of sp³-hybridized carbons (Fsp3) is 0.278. The maximum Gasteiger partial charge on any atom is 0.308 e. The van der Waals surface area contributed by atoms with Crippen LogP contribution in [0.2, 0.25) is 0 Å². The molecule has 2 aromatic rings. The Morgan fingerprint density at radius 1 is 1.28 bits per heavy atom. The number of carboxylic acids is 1. The predicted octanol–water partition coefficient (Wildman–Crippen LogP) is 2.38. The fourth-order valence-corrected chi connectivity index (χ4v) is 2.87. The molecule has 2 heterocycles. The maximum absolute atomic E-state index is 12.8. The number of likely N-dealkylation sites (tertiary alicyclic amines) is 1. The van der Waals surface area contributed by atoms with Crippen LogP contribution in [0.1, 0.15) is 16.8 Å². The van der Waals surface area contributed by atoms with Crippen molar-refractivity contribution in [3.63, 3.8) is 0 Å². The molecule has 7 heteroatoms. The van der Waals surface area contributed by atoms with Gasteiger partial charge in [-0.15, -0.1) is 0 Å². The first kappa shape index (κ1) is 16.8. The number of carbonyl (C=O) groups is 2. The number of aliphatic carboxylic acids is 1. The Balaban J connectivity index is 1.84. The molecule has 0 bridgehead atoms. The molecule has 2 N–H and O–H groups in total. The lowest BCUT2D eigenvalue weighted by molar-refractivity contribution is -0.141. The Morgan fingerprint density at radius 2 is 2.08 bits per heavy atom. The van der Waals surface area contributed by atoms with E-state index < -0.39 is 11.9 Å². The van der Waals surface area contributed by atoms with Gasteiger partial charge in [-0.3, -0.25) is 9.59 Å². The minimum Gasteiger partial charge on any atom is -0.495 e. The summed E-state index contributed by atoms with van der Waals surface area (Å²) in [5, 5.41) is 12.2. The van der Waals surface area contributed by atoms with Crippen LogP contribution >= 0.6 is 0 Å². The molecule has 0 aliphatic carbocycles. The van der Waals surface area contributed by atoms with Gasteiger partial charge < -0.3 is 20.1 Å². The number of methoxy groups -OCH3 is 1. The molecule has 0 radical (unpaired) electrons. The van der Waals surface area contributed by atoms with E-state index in [0.29, 0.717) is 35.8 Å². The fourth-order valence-electron chi connectivity index (χ4n) is 2.87. The molecule has 1 aromatic heterocycles. The normalized spacial score (nSPS) is 16.5. The lowest BCUT2D eigenvalue weighted by Gasteiger charge is -2.18. The van der Waals surface area contributed by atoms with E-state index in [0.717, 1.165) is 0 Å². The molecule has 1 aliphatic heterocycles. The number of carboxylic acid groups (broad SMARTS) is 1. The molecule has 1 amide bonds. The number of para-hydroxylation sites is 2. The molecule has 25 heavy (non-hydrogen) atoms. The van der Waals surface area contributed by atoms with E-state index in [9.17, 15) is 9.59 Å². The van der Waals surface area contributed by atoms with Gasteiger partial charge in [0.25, 0.3) is 5.91 Å². The number of amides is 1. The van der Waals surface area contributed by atoms with Crippen molar-refractivity contribution in [3.05, 3.63) is 48.2 Å². The Kier molecular flexibility index (Phi) is 4.83. The van der Waals surface area contributed by atoms with Crippen molar-refractivity contribution in [1.82, 2.24) is 9.88 Å². The van der Waals surface area contributed by atoms with Gasteiger partial charge in [0, 0.05) is 19.3 Å². The molecule has 1 aliphatic rings. The van der Waals surface area contributed by atoms with Crippen LogP contribution in [0.5, 0.6) is 5.75 Å². The topological polar surface area (TPSA) is 91.8 Å². The van der Waals surface area contributed by atoms with Crippen molar-refractivity contribution in [2.75, 3.05) is 25.5 Å². The zero-order chi connectivity index (χ0) is 17.8. The SMILES string of the molecule is COc1ccccc1Nc1ncccc1C(=O)N1CC[C@H](C(=O)O)C1. The van der Waals surface area contributed by atoms with Crippen LogP contribution in [0.25, 0.3) is 0 Å². The highest BCUT2D eigenvalue weighted by Gasteiger charge is 2.32. The van der Waals surface area contributed by atoms with Gasteiger partial charge in [-0.1, -0.05) is 12.1 Å². The molecule has 130 valence electrons. The molecule has 0 saturated carbocycles. The van der Waals surface area contributed by atoms with Gasteiger partial charge in [0.15, 0.2) is 0 Å². The van der Waals surface area contributed by atoms with E-state index in [1.165, 1.54) is 0 Å². The second-order valence-electron chi connectivity index (χ2n) is 5.80. The van der Waals surface area contributed by atoms with Crippen LogP contribution < -0.4 is 10.1 Å². The van der Waals surface area contributed by atoms with Crippen LogP contribution in [0.15, 0.2) is 42.6 Å². The number of pyridine rings is 1. The second-order valence-corrected chi connectivity index (χ2v) is 5.80. The smallest absolute Gasteiger partial charge is 0.308 e. The van der Waals surface area contributed by atoms with Crippen molar-refractivity contribution in [3.8, 4) is 5.75 Å². The zero-order valence-electron chi connectivity index (χ0n) is 13.8. The molecule has 3 rings (SSSR count). The third-order valence-corrected chi connectivity index (χ3v) is 4.22. The van der Waals surface area contributed by atoms with Crippen LogP contribution in [-0.2, 0) is 4.79 Å². The number of carbonyl (C=O) groups excluding carboxylic acids is 1. The highest BCUT2D eigenvalue weighted by molar-refractivity contribution is 6.00. The largest absolute Gasteiger partial charge is 0.495 e. The summed E-state index contributed by atoms with van der Waals surface area (Å²) in [7, 11) is 1.57. The van der Waals surface area contributed by atoms with Crippen LogP contribution in [0, 0.1) is 5.92 Å². The minimum absolute atomic E-state index is 0.219. The van der Waals surface area contributed by atoms with E-state index in [1.807, 2.05) is 24.3 Å². The van der Waals surface area contributed by atoms with Gasteiger partial charge in [0.2, 0.25) is 0 Å². The molecule has 1 atom stereocenters. The zero-order valence-corrected chi connectivity index (χ0v) is 13.8. The summed E-state index contributed by atoms with van der Waals surface area (Å²) in [5.41, 5.74) is 1.10. The van der Waals surface area contributed by atoms with E-state index in [2.05, 4.69) is 10.3 Å². The minimum atomic E-state index is -0.867. The quantitative estimate of drug-likeness (QED) is 0.867. The van der Waals surface area contributed by atoms with Crippen molar-refractivity contribution in [2.45, 2.75) is 6.42 Å². The molecule has 7 nitrogen and oxygen atoms in total. The molecule has 0 unspecified atom stereocenters. The number of hydrogen-bond acceptors (Lipinski definition) is 5. The van der Waals surface area contributed by atoms with Gasteiger partial charge in [0.1, 0.15) is 11.6 Å². The third kappa shape index (κ3) is 3.55. The highest BCUT2D eigenvalue weighted by Crippen LogP contribution is 2.28. The van der Waals surface area contributed by atoms with E-state index in [-0.39, 0.29) is 12.5 Å². The summed E-state index contributed by atoms with van der Waals surface area (Å²) in [6.07, 6.45) is 2.06. The maximum atomic E-state index is 12.8. The third-order valence-electron chi connectivity index (χ3n) is 4.22. The summed E-state index contributed by atoms with van der Waals surface area (Å²) in [5.74, 6) is -0.552. The summed E-state index contributed by atoms with van der Waals surface area (Å²) in [6.45, 7) is 0.649. The number of nitrogens with one attached hydrogen (secondary N) is 1. The highest BCUT2D eigenvalue weighted by atomic mass is 16.5. The monoisotopic (exact) mass is 341 g/mol. The molecule has 0 spiro atoms. The number of nitrogens with zero attached hydrogens (tertiary/aromatic N) is 2.